The average Bonchev–Trinajstić information content (AvgIpc) is 3.44. The third-order valence-corrected chi connectivity index (χ3v) is 8.08. The van der Waals surface area contributed by atoms with Crippen molar-refractivity contribution in [1.82, 2.24) is 9.78 Å². The topological polar surface area (TPSA) is 109 Å². The van der Waals surface area contributed by atoms with E-state index in [1.165, 1.54) is 5.56 Å². The molecule has 1 aliphatic rings. The molecular weight excluding hydrogens is 494 g/mol. The van der Waals surface area contributed by atoms with Crippen molar-refractivity contribution in [3.63, 3.8) is 0 Å². The van der Waals surface area contributed by atoms with Crippen LogP contribution >= 0.6 is 0 Å². The number of amides is 1. The summed E-state index contributed by atoms with van der Waals surface area (Å²) in [5, 5.41) is 7.51. The summed E-state index contributed by atoms with van der Waals surface area (Å²) in [5.41, 5.74) is 2.50. The lowest BCUT2D eigenvalue weighted by molar-refractivity contribution is -0.118. The minimum absolute atomic E-state index is 0.0215. The molecule has 2 aromatic carbocycles. The lowest BCUT2D eigenvalue weighted by Crippen LogP contribution is -2.23. The molecule has 0 radical (unpaired) electrons. The van der Waals surface area contributed by atoms with Crippen LogP contribution in [0.25, 0.3) is 11.3 Å². The summed E-state index contributed by atoms with van der Waals surface area (Å²) in [5.74, 6) is 1.79. The van der Waals surface area contributed by atoms with Crippen LogP contribution in [0.2, 0.25) is 0 Å². The summed E-state index contributed by atoms with van der Waals surface area (Å²) in [6, 6.07) is 14.4. The highest BCUT2D eigenvalue weighted by atomic mass is 32.2. The molecule has 198 valence electrons. The number of sulfone groups is 1. The number of aromatic nitrogens is 2. The van der Waals surface area contributed by atoms with E-state index in [0.717, 1.165) is 5.56 Å². The lowest BCUT2D eigenvalue weighted by atomic mass is 9.87. The Labute approximate surface area is 217 Å². The van der Waals surface area contributed by atoms with Gasteiger partial charge >= 0.3 is 0 Å². The van der Waals surface area contributed by atoms with Crippen LogP contribution in [-0.2, 0) is 20.0 Å². The molecule has 0 saturated carbocycles. The van der Waals surface area contributed by atoms with E-state index in [1.807, 2.05) is 30.3 Å². The first kappa shape index (κ1) is 26.5. The number of carbonyl (C=O) groups excluding carboxylic acids is 1. The first-order valence-electron chi connectivity index (χ1n) is 12.0. The molecule has 10 heteroatoms. The third-order valence-electron chi connectivity index (χ3n) is 6.33. The first-order chi connectivity index (χ1) is 17.5. The number of hydrogen-bond acceptors (Lipinski definition) is 7. The molecule has 1 saturated heterocycles. The Kier molecular flexibility index (Phi) is 7.49. The second-order valence-electron chi connectivity index (χ2n) is 10.1. The Bertz CT molecular complexity index is 1370. The fourth-order valence-electron chi connectivity index (χ4n) is 4.25. The van der Waals surface area contributed by atoms with Crippen molar-refractivity contribution in [3.05, 3.63) is 54.1 Å². The quantitative estimate of drug-likeness (QED) is 0.467. The van der Waals surface area contributed by atoms with E-state index in [9.17, 15) is 13.2 Å². The van der Waals surface area contributed by atoms with Crippen molar-refractivity contribution in [2.24, 2.45) is 0 Å². The van der Waals surface area contributed by atoms with Crippen LogP contribution in [-0.4, -0.2) is 56.4 Å². The molecule has 0 bridgehead atoms. The van der Waals surface area contributed by atoms with Gasteiger partial charge in [-0.3, -0.25) is 4.79 Å². The van der Waals surface area contributed by atoms with E-state index in [-0.39, 0.29) is 35.5 Å². The Morgan fingerprint density at radius 3 is 2.35 bits per heavy atom. The van der Waals surface area contributed by atoms with E-state index < -0.39 is 9.84 Å². The number of hydrogen-bond donors (Lipinski definition) is 1. The molecule has 1 amide bonds. The number of rotatable bonds is 8. The predicted molar refractivity (Wildman–Crippen MR) is 142 cm³/mol. The molecule has 1 aromatic heterocycles. The molecule has 9 nitrogen and oxygen atoms in total. The molecule has 1 atom stereocenters. The van der Waals surface area contributed by atoms with Gasteiger partial charge in [0.05, 0.1) is 37.5 Å². The van der Waals surface area contributed by atoms with Gasteiger partial charge in [0.2, 0.25) is 0 Å². The lowest BCUT2D eigenvalue weighted by Gasteiger charge is -2.19. The van der Waals surface area contributed by atoms with Crippen LogP contribution in [0.3, 0.4) is 0 Å². The minimum atomic E-state index is -3.16. The molecule has 1 N–H and O–H groups in total. The summed E-state index contributed by atoms with van der Waals surface area (Å²) in [6.45, 7) is 6.19. The van der Waals surface area contributed by atoms with Gasteiger partial charge < -0.3 is 19.5 Å². The van der Waals surface area contributed by atoms with Crippen LogP contribution in [0, 0.1) is 0 Å². The van der Waals surface area contributed by atoms with Gasteiger partial charge in [0, 0.05) is 11.6 Å². The second-order valence-corrected chi connectivity index (χ2v) is 12.3. The fourth-order valence-corrected chi connectivity index (χ4v) is 5.94. The third kappa shape index (κ3) is 6.25. The van der Waals surface area contributed by atoms with Crippen LogP contribution in [0.4, 0.5) is 5.82 Å². The second kappa shape index (κ2) is 10.5. The number of nitrogens with one attached hydrogen (secondary N) is 1. The van der Waals surface area contributed by atoms with Gasteiger partial charge in [-0.2, -0.15) is 5.10 Å². The van der Waals surface area contributed by atoms with E-state index >= 15 is 0 Å². The molecule has 1 aliphatic heterocycles. The molecule has 3 aromatic rings. The Hall–Kier alpha value is -3.53. The zero-order valence-corrected chi connectivity index (χ0v) is 22.6. The van der Waals surface area contributed by atoms with Crippen molar-refractivity contribution >= 4 is 21.6 Å². The maximum Gasteiger partial charge on any atom is 0.263 e. The van der Waals surface area contributed by atoms with Crippen LogP contribution in [0.1, 0.15) is 38.8 Å². The van der Waals surface area contributed by atoms with Crippen molar-refractivity contribution in [2.45, 2.75) is 38.6 Å². The fraction of sp³-hybridized carbons (Fsp3) is 0.407. The van der Waals surface area contributed by atoms with Crippen LogP contribution < -0.4 is 19.5 Å². The number of nitrogens with zero attached hydrogens (tertiary/aromatic N) is 2. The number of benzene rings is 2. The first-order valence-corrected chi connectivity index (χ1v) is 13.9. The van der Waals surface area contributed by atoms with E-state index in [0.29, 0.717) is 35.2 Å². The molecule has 0 spiro atoms. The standard InChI is InChI=1S/C27H33N3O6S/c1-27(2,3)19-7-9-21(10-8-19)36-16-26(31)28-25-15-22(18-6-11-23(34-4)24(14-18)35-5)29-30(25)20-12-13-37(32,33)17-20/h6-11,14-15,20H,12-13,16-17H2,1-5H3,(H,28,31)/t20-/m1/s1. The summed E-state index contributed by atoms with van der Waals surface area (Å²) < 4.78 is 42.3. The SMILES string of the molecule is COc1ccc(-c2cc(NC(=O)COc3ccc(C(C)(C)C)cc3)n([C@@H]3CCS(=O)(=O)C3)n2)cc1OC. The zero-order chi connectivity index (χ0) is 26.8. The van der Waals surface area contributed by atoms with Crippen LogP contribution in [0.15, 0.2) is 48.5 Å². The van der Waals surface area contributed by atoms with Crippen LogP contribution in [0.5, 0.6) is 17.2 Å². The van der Waals surface area contributed by atoms with Gasteiger partial charge in [-0.1, -0.05) is 32.9 Å². The van der Waals surface area contributed by atoms with Gasteiger partial charge in [-0.25, -0.2) is 13.1 Å². The molecule has 0 unspecified atom stereocenters. The number of ether oxygens (including phenoxy) is 3. The average molecular weight is 528 g/mol. The Morgan fingerprint density at radius 1 is 1.05 bits per heavy atom. The van der Waals surface area contributed by atoms with Crippen molar-refractivity contribution in [1.29, 1.82) is 0 Å². The van der Waals surface area contributed by atoms with Gasteiger partial charge in [-0.15, -0.1) is 0 Å². The largest absolute Gasteiger partial charge is 0.493 e. The number of methoxy groups -OCH3 is 2. The van der Waals surface area contributed by atoms with Gasteiger partial charge in [0.15, 0.2) is 27.9 Å². The van der Waals surface area contributed by atoms with E-state index in [4.69, 9.17) is 14.2 Å². The summed E-state index contributed by atoms with van der Waals surface area (Å²) in [4.78, 5) is 12.8. The monoisotopic (exact) mass is 527 g/mol. The van der Waals surface area contributed by atoms with Crippen molar-refractivity contribution < 1.29 is 27.4 Å². The molecular formula is C27H33N3O6S. The molecule has 37 heavy (non-hydrogen) atoms. The zero-order valence-electron chi connectivity index (χ0n) is 21.8. The highest BCUT2D eigenvalue weighted by Crippen LogP contribution is 2.35. The highest BCUT2D eigenvalue weighted by molar-refractivity contribution is 7.91. The molecule has 1 fully saturated rings. The summed E-state index contributed by atoms with van der Waals surface area (Å²) in [6.07, 6.45) is 0.425. The smallest absolute Gasteiger partial charge is 0.263 e. The molecule has 0 aliphatic carbocycles. The maximum atomic E-state index is 12.8. The normalized spacial score (nSPS) is 16.8. The van der Waals surface area contributed by atoms with Gasteiger partial charge in [-0.05, 0) is 47.7 Å². The summed E-state index contributed by atoms with van der Waals surface area (Å²) in [7, 11) is -0.0545. The molecule has 2 heterocycles. The van der Waals surface area contributed by atoms with E-state index in [1.54, 1.807) is 37.1 Å². The Morgan fingerprint density at radius 2 is 1.76 bits per heavy atom. The van der Waals surface area contributed by atoms with Crippen molar-refractivity contribution in [2.75, 3.05) is 37.6 Å². The number of carbonyl (C=O) groups is 1. The molecule has 4 rings (SSSR count). The number of anilines is 1. The van der Waals surface area contributed by atoms with Gasteiger partial charge in [0.25, 0.3) is 5.91 Å². The Balaban J connectivity index is 1.55. The van der Waals surface area contributed by atoms with Crippen molar-refractivity contribution in [3.8, 4) is 28.5 Å². The highest BCUT2D eigenvalue weighted by Gasteiger charge is 2.32. The summed E-state index contributed by atoms with van der Waals surface area (Å²) >= 11 is 0. The van der Waals surface area contributed by atoms with Gasteiger partial charge in [0.1, 0.15) is 11.6 Å². The maximum absolute atomic E-state index is 12.8. The minimum Gasteiger partial charge on any atom is -0.493 e. The predicted octanol–water partition coefficient (Wildman–Crippen LogP) is 4.24. The van der Waals surface area contributed by atoms with E-state index in [2.05, 4.69) is 31.2 Å².